The van der Waals surface area contributed by atoms with E-state index in [1.165, 1.54) is 5.56 Å². The quantitative estimate of drug-likeness (QED) is 0.596. The van der Waals surface area contributed by atoms with Crippen LogP contribution in [0.25, 0.3) is 16.9 Å². The van der Waals surface area contributed by atoms with E-state index in [9.17, 15) is 5.11 Å². The highest BCUT2D eigenvalue weighted by molar-refractivity contribution is 5.82. The second kappa shape index (κ2) is 5.70. The summed E-state index contributed by atoms with van der Waals surface area (Å²) >= 11 is 0. The predicted molar refractivity (Wildman–Crippen MR) is 94.5 cm³/mol. The second-order valence-corrected chi connectivity index (χ2v) is 5.62. The maximum absolute atomic E-state index is 10.2. The highest BCUT2D eigenvalue weighted by Gasteiger charge is 2.16. The Balaban J connectivity index is 1.90. The summed E-state index contributed by atoms with van der Waals surface area (Å²) in [6, 6.07) is 15.3. The lowest BCUT2D eigenvalue weighted by atomic mass is 10.1. The van der Waals surface area contributed by atoms with Crippen molar-refractivity contribution >= 4 is 17.2 Å². The van der Waals surface area contributed by atoms with Crippen molar-refractivity contribution in [2.45, 2.75) is 6.92 Å². The molecule has 0 aliphatic carbocycles. The van der Waals surface area contributed by atoms with Gasteiger partial charge in [-0.2, -0.15) is 0 Å². The lowest BCUT2D eigenvalue weighted by Gasteiger charge is -2.10. The van der Waals surface area contributed by atoms with E-state index in [1.807, 2.05) is 47.0 Å². The summed E-state index contributed by atoms with van der Waals surface area (Å²) in [5, 5.41) is 13.6. The molecular formula is C19H16N4O. The molecule has 0 bridgehead atoms. The Bertz CT molecular complexity index is 1010. The van der Waals surface area contributed by atoms with E-state index in [2.05, 4.69) is 22.2 Å². The Labute approximate surface area is 139 Å². The van der Waals surface area contributed by atoms with Gasteiger partial charge in [0.15, 0.2) is 5.65 Å². The highest BCUT2D eigenvalue weighted by Crippen LogP contribution is 2.35. The molecule has 0 spiro atoms. The monoisotopic (exact) mass is 316 g/mol. The first-order chi connectivity index (χ1) is 11.7. The number of nitrogens with one attached hydrogen (secondary N) is 1. The van der Waals surface area contributed by atoms with Crippen LogP contribution in [-0.4, -0.2) is 19.5 Å². The van der Waals surface area contributed by atoms with Gasteiger partial charge in [0.25, 0.3) is 0 Å². The van der Waals surface area contributed by atoms with Crippen molar-refractivity contribution in [1.29, 1.82) is 0 Å². The Morgan fingerprint density at radius 3 is 2.62 bits per heavy atom. The Hall–Kier alpha value is -3.34. The van der Waals surface area contributed by atoms with Gasteiger partial charge in [-0.25, -0.2) is 4.98 Å². The van der Waals surface area contributed by atoms with Crippen molar-refractivity contribution in [3.05, 3.63) is 72.7 Å². The van der Waals surface area contributed by atoms with E-state index >= 15 is 0 Å². The minimum atomic E-state index is 0.195. The first kappa shape index (κ1) is 14.3. The largest absolute Gasteiger partial charge is 0.507 e. The summed E-state index contributed by atoms with van der Waals surface area (Å²) < 4.78 is 1.93. The fraction of sp³-hybridized carbons (Fsp3) is 0.0526. The smallest absolute Gasteiger partial charge is 0.157 e. The molecule has 0 aliphatic rings. The SMILES string of the molecule is Cc1ccc(Nc2c(-c3ccccc3O)nc3cnccn23)cc1. The number of aryl methyl sites for hydroxylation is 1. The molecule has 2 N–H and O–H groups in total. The molecule has 0 fully saturated rings. The van der Waals surface area contributed by atoms with E-state index in [4.69, 9.17) is 0 Å². The molecule has 2 aromatic heterocycles. The molecule has 5 nitrogen and oxygen atoms in total. The summed E-state index contributed by atoms with van der Waals surface area (Å²) in [4.78, 5) is 8.76. The summed E-state index contributed by atoms with van der Waals surface area (Å²) in [5.74, 6) is 0.985. The van der Waals surface area contributed by atoms with E-state index in [-0.39, 0.29) is 5.75 Å². The number of rotatable bonds is 3. The van der Waals surface area contributed by atoms with E-state index in [1.54, 1.807) is 24.5 Å². The molecule has 4 aromatic rings. The zero-order chi connectivity index (χ0) is 16.5. The zero-order valence-electron chi connectivity index (χ0n) is 13.1. The minimum absolute atomic E-state index is 0.195. The van der Waals surface area contributed by atoms with Crippen molar-refractivity contribution in [2.75, 3.05) is 5.32 Å². The van der Waals surface area contributed by atoms with Crippen LogP contribution in [0.15, 0.2) is 67.1 Å². The number of phenolic OH excluding ortho intramolecular Hbond substituents is 1. The van der Waals surface area contributed by atoms with Crippen LogP contribution in [0.2, 0.25) is 0 Å². The van der Waals surface area contributed by atoms with Crippen LogP contribution >= 0.6 is 0 Å². The number of hydrogen-bond acceptors (Lipinski definition) is 4. The number of anilines is 2. The number of nitrogens with zero attached hydrogens (tertiary/aromatic N) is 3. The maximum Gasteiger partial charge on any atom is 0.157 e. The third kappa shape index (κ3) is 2.46. The number of hydrogen-bond donors (Lipinski definition) is 2. The number of fused-ring (bicyclic) bond motifs is 1. The summed E-state index contributed by atoms with van der Waals surface area (Å²) in [6.45, 7) is 2.05. The average molecular weight is 316 g/mol. The Morgan fingerprint density at radius 2 is 1.83 bits per heavy atom. The Morgan fingerprint density at radius 1 is 1.04 bits per heavy atom. The van der Waals surface area contributed by atoms with Crippen LogP contribution in [0.4, 0.5) is 11.5 Å². The van der Waals surface area contributed by atoms with Gasteiger partial charge in [0.1, 0.15) is 17.3 Å². The molecule has 0 unspecified atom stereocenters. The van der Waals surface area contributed by atoms with Crippen molar-refractivity contribution in [3.63, 3.8) is 0 Å². The van der Waals surface area contributed by atoms with Gasteiger partial charge in [0.05, 0.1) is 6.20 Å². The van der Waals surface area contributed by atoms with Gasteiger partial charge in [-0.15, -0.1) is 0 Å². The number of imidazole rings is 1. The number of phenols is 1. The van der Waals surface area contributed by atoms with Crippen LogP contribution in [0.3, 0.4) is 0 Å². The molecule has 2 aromatic carbocycles. The van der Waals surface area contributed by atoms with Crippen LogP contribution in [0.5, 0.6) is 5.75 Å². The molecule has 2 heterocycles. The van der Waals surface area contributed by atoms with Crippen LogP contribution in [0.1, 0.15) is 5.56 Å². The van der Waals surface area contributed by atoms with Gasteiger partial charge in [-0.3, -0.25) is 9.38 Å². The Kier molecular flexibility index (Phi) is 3.39. The molecule has 4 rings (SSSR count). The van der Waals surface area contributed by atoms with Gasteiger partial charge in [-0.05, 0) is 31.2 Å². The molecule has 0 amide bonds. The fourth-order valence-electron chi connectivity index (χ4n) is 2.66. The number of para-hydroxylation sites is 1. The molecule has 0 aliphatic heterocycles. The van der Waals surface area contributed by atoms with E-state index in [0.29, 0.717) is 16.9 Å². The molecule has 0 saturated heterocycles. The molecular weight excluding hydrogens is 300 g/mol. The number of benzene rings is 2. The molecule has 0 radical (unpaired) electrons. The molecule has 0 saturated carbocycles. The predicted octanol–water partition coefficient (Wildman–Crippen LogP) is 4.15. The lowest BCUT2D eigenvalue weighted by molar-refractivity contribution is 0.477. The summed E-state index contributed by atoms with van der Waals surface area (Å²) in [7, 11) is 0. The molecule has 24 heavy (non-hydrogen) atoms. The topological polar surface area (TPSA) is 62.5 Å². The van der Waals surface area contributed by atoms with Gasteiger partial charge in [-0.1, -0.05) is 29.8 Å². The average Bonchev–Trinajstić information content (AvgIpc) is 2.96. The van der Waals surface area contributed by atoms with Gasteiger partial charge in [0, 0.05) is 23.6 Å². The van der Waals surface area contributed by atoms with E-state index < -0.39 is 0 Å². The number of aromatic nitrogens is 3. The first-order valence-electron chi connectivity index (χ1n) is 7.66. The first-order valence-corrected chi connectivity index (χ1v) is 7.66. The molecule has 0 atom stereocenters. The van der Waals surface area contributed by atoms with Gasteiger partial charge in [0.2, 0.25) is 0 Å². The summed E-state index contributed by atoms with van der Waals surface area (Å²) in [5.41, 5.74) is 4.22. The van der Waals surface area contributed by atoms with Crippen molar-refractivity contribution < 1.29 is 5.11 Å². The van der Waals surface area contributed by atoms with Crippen LogP contribution < -0.4 is 5.32 Å². The molecule has 5 heteroatoms. The van der Waals surface area contributed by atoms with Gasteiger partial charge >= 0.3 is 0 Å². The van der Waals surface area contributed by atoms with E-state index in [0.717, 1.165) is 11.5 Å². The zero-order valence-corrected chi connectivity index (χ0v) is 13.1. The summed E-state index contributed by atoms with van der Waals surface area (Å²) in [6.07, 6.45) is 5.26. The van der Waals surface area contributed by atoms with Crippen molar-refractivity contribution in [2.24, 2.45) is 0 Å². The minimum Gasteiger partial charge on any atom is -0.507 e. The van der Waals surface area contributed by atoms with Gasteiger partial charge < -0.3 is 10.4 Å². The van der Waals surface area contributed by atoms with Crippen molar-refractivity contribution in [3.8, 4) is 17.0 Å². The van der Waals surface area contributed by atoms with Crippen molar-refractivity contribution in [1.82, 2.24) is 14.4 Å². The van der Waals surface area contributed by atoms with Crippen LogP contribution in [0, 0.1) is 6.92 Å². The highest BCUT2D eigenvalue weighted by atomic mass is 16.3. The fourth-order valence-corrected chi connectivity index (χ4v) is 2.66. The number of aromatic hydroxyl groups is 1. The molecule has 118 valence electrons. The third-order valence-electron chi connectivity index (χ3n) is 3.90. The normalized spacial score (nSPS) is 10.9. The van der Waals surface area contributed by atoms with Crippen LogP contribution in [-0.2, 0) is 0 Å². The third-order valence-corrected chi connectivity index (χ3v) is 3.90. The standard InChI is InChI=1S/C19H16N4O/c1-13-6-8-14(9-7-13)21-19-18(15-4-2-3-5-16(15)24)22-17-12-20-10-11-23(17)19/h2-12,21,24H,1H3. The maximum atomic E-state index is 10.2. The lowest BCUT2D eigenvalue weighted by Crippen LogP contribution is -1.97. The second-order valence-electron chi connectivity index (χ2n) is 5.62.